The zero-order valence-corrected chi connectivity index (χ0v) is 16.9. The molecular formula is C21H36O6. The van der Waals surface area contributed by atoms with Gasteiger partial charge in [0.25, 0.3) is 0 Å². The molecule has 2 unspecified atom stereocenters. The molecule has 0 N–H and O–H groups in total. The SMILES string of the molecule is CC(C)(OC1CCC(OCC2CO2)CC1)OC1CCC(OCC2CO2)CC1. The molecule has 6 heteroatoms. The summed E-state index contributed by atoms with van der Waals surface area (Å²) < 4.78 is 34.9. The van der Waals surface area contributed by atoms with E-state index in [-0.39, 0.29) is 12.2 Å². The van der Waals surface area contributed by atoms with Gasteiger partial charge in [0.15, 0.2) is 5.79 Å². The van der Waals surface area contributed by atoms with Crippen molar-refractivity contribution in [2.45, 2.75) is 108 Å². The number of hydrogen-bond acceptors (Lipinski definition) is 6. The van der Waals surface area contributed by atoms with Crippen LogP contribution in [0.2, 0.25) is 0 Å². The minimum absolute atomic E-state index is 0.273. The maximum atomic E-state index is 6.33. The summed E-state index contributed by atoms with van der Waals surface area (Å²) in [6.07, 6.45) is 10.5. The van der Waals surface area contributed by atoms with E-state index in [0.717, 1.165) is 77.8 Å². The Hall–Kier alpha value is -0.240. The van der Waals surface area contributed by atoms with E-state index in [0.29, 0.717) is 24.4 Å². The third kappa shape index (κ3) is 6.94. The molecule has 27 heavy (non-hydrogen) atoms. The zero-order chi connectivity index (χ0) is 18.7. The first-order chi connectivity index (χ1) is 13.1. The van der Waals surface area contributed by atoms with Crippen LogP contribution in [0.25, 0.3) is 0 Å². The van der Waals surface area contributed by atoms with Crippen LogP contribution in [0.1, 0.15) is 65.2 Å². The van der Waals surface area contributed by atoms with Crippen LogP contribution in [0, 0.1) is 0 Å². The van der Waals surface area contributed by atoms with Crippen molar-refractivity contribution >= 4 is 0 Å². The van der Waals surface area contributed by atoms with E-state index >= 15 is 0 Å². The fourth-order valence-electron chi connectivity index (χ4n) is 4.28. The Morgan fingerprint density at radius 2 is 0.963 bits per heavy atom. The Labute approximate surface area is 163 Å². The topological polar surface area (TPSA) is 62.0 Å². The highest BCUT2D eigenvalue weighted by Crippen LogP contribution is 2.32. The molecule has 0 amide bonds. The predicted molar refractivity (Wildman–Crippen MR) is 99.7 cm³/mol. The summed E-state index contributed by atoms with van der Waals surface area (Å²) in [6, 6.07) is 0. The lowest BCUT2D eigenvalue weighted by Crippen LogP contribution is -2.40. The highest BCUT2D eigenvalue weighted by atomic mass is 16.7. The average molecular weight is 385 g/mol. The second kappa shape index (κ2) is 9.06. The molecule has 0 spiro atoms. The molecule has 0 aromatic carbocycles. The molecule has 4 fully saturated rings. The molecule has 2 aliphatic heterocycles. The lowest BCUT2D eigenvalue weighted by atomic mass is 9.94. The van der Waals surface area contributed by atoms with E-state index in [1.165, 1.54) is 0 Å². The van der Waals surface area contributed by atoms with Crippen LogP contribution in [0.15, 0.2) is 0 Å². The monoisotopic (exact) mass is 384 g/mol. The first-order valence-electron chi connectivity index (χ1n) is 10.9. The number of hydrogen-bond donors (Lipinski definition) is 0. The van der Waals surface area contributed by atoms with Crippen molar-refractivity contribution in [1.82, 2.24) is 0 Å². The first-order valence-corrected chi connectivity index (χ1v) is 10.9. The van der Waals surface area contributed by atoms with Crippen molar-refractivity contribution < 1.29 is 28.4 Å². The van der Waals surface area contributed by atoms with Crippen LogP contribution < -0.4 is 0 Å². The summed E-state index contributed by atoms with van der Waals surface area (Å²) in [7, 11) is 0. The van der Waals surface area contributed by atoms with Gasteiger partial charge in [-0.15, -0.1) is 0 Å². The Balaban J connectivity index is 1.10. The quantitative estimate of drug-likeness (QED) is 0.426. The lowest BCUT2D eigenvalue weighted by Gasteiger charge is -2.38. The number of ether oxygens (including phenoxy) is 6. The summed E-state index contributed by atoms with van der Waals surface area (Å²) in [6.45, 7) is 7.37. The highest BCUT2D eigenvalue weighted by Gasteiger charge is 2.34. The molecule has 0 aromatic rings. The van der Waals surface area contributed by atoms with Gasteiger partial charge in [-0.1, -0.05) is 0 Å². The minimum atomic E-state index is -0.527. The lowest BCUT2D eigenvalue weighted by molar-refractivity contribution is -0.268. The third-order valence-electron chi connectivity index (χ3n) is 5.98. The van der Waals surface area contributed by atoms with Crippen LogP contribution in [-0.2, 0) is 28.4 Å². The van der Waals surface area contributed by atoms with Gasteiger partial charge in [0, 0.05) is 0 Å². The summed E-state index contributed by atoms with van der Waals surface area (Å²) in [4.78, 5) is 0. The Morgan fingerprint density at radius 1 is 0.630 bits per heavy atom. The van der Waals surface area contributed by atoms with E-state index in [1.807, 2.05) is 0 Å². The summed E-state index contributed by atoms with van der Waals surface area (Å²) in [5.74, 6) is -0.527. The van der Waals surface area contributed by atoms with Gasteiger partial charge in [0.1, 0.15) is 12.2 Å². The van der Waals surface area contributed by atoms with Crippen molar-refractivity contribution in [3.05, 3.63) is 0 Å². The zero-order valence-electron chi connectivity index (χ0n) is 16.9. The van der Waals surface area contributed by atoms with Gasteiger partial charge in [0.05, 0.1) is 50.8 Å². The maximum absolute atomic E-state index is 6.33. The van der Waals surface area contributed by atoms with Crippen LogP contribution in [-0.4, -0.2) is 68.8 Å². The molecule has 4 rings (SSSR count). The molecule has 2 saturated heterocycles. The Bertz CT molecular complexity index is 406. The second-order valence-corrected chi connectivity index (χ2v) is 9.01. The first kappa shape index (κ1) is 20.0. The van der Waals surface area contributed by atoms with Crippen LogP contribution in [0.5, 0.6) is 0 Å². The van der Waals surface area contributed by atoms with Crippen molar-refractivity contribution in [3.8, 4) is 0 Å². The standard InChI is InChI=1S/C21H36O6/c1-21(2,26-17-7-3-15(4-8-17)22-11-19-13-24-19)27-18-9-5-16(6-10-18)23-12-20-14-25-20/h15-20H,3-14H2,1-2H3. The smallest absolute Gasteiger partial charge is 0.163 e. The molecule has 156 valence electrons. The molecule has 2 saturated carbocycles. The fourth-order valence-corrected chi connectivity index (χ4v) is 4.28. The van der Waals surface area contributed by atoms with Crippen LogP contribution in [0.3, 0.4) is 0 Å². The summed E-state index contributed by atoms with van der Waals surface area (Å²) >= 11 is 0. The maximum Gasteiger partial charge on any atom is 0.163 e. The molecule has 4 aliphatic rings. The van der Waals surface area contributed by atoms with Crippen LogP contribution >= 0.6 is 0 Å². The van der Waals surface area contributed by atoms with Gasteiger partial charge in [-0.3, -0.25) is 0 Å². The summed E-state index contributed by atoms with van der Waals surface area (Å²) in [5.41, 5.74) is 0. The molecule has 6 nitrogen and oxygen atoms in total. The predicted octanol–water partition coefficient (Wildman–Crippen LogP) is 3.21. The second-order valence-electron chi connectivity index (χ2n) is 9.01. The minimum Gasteiger partial charge on any atom is -0.375 e. The number of rotatable bonds is 10. The van der Waals surface area contributed by atoms with Crippen molar-refractivity contribution in [2.24, 2.45) is 0 Å². The van der Waals surface area contributed by atoms with E-state index < -0.39 is 5.79 Å². The molecule has 2 heterocycles. The van der Waals surface area contributed by atoms with Crippen molar-refractivity contribution in [1.29, 1.82) is 0 Å². The van der Waals surface area contributed by atoms with Gasteiger partial charge in [-0.25, -0.2) is 0 Å². The van der Waals surface area contributed by atoms with Gasteiger partial charge in [-0.2, -0.15) is 0 Å². The van der Waals surface area contributed by atoms with E-state index in [1.54, 1.807) is 0 Å². The molecule has 0 bridgehead atoms. The van der Waals surface area contributed by atoms with Crippen LogP contribution in [0.4, 0.5) is 0 Å². The summed E-state index contributed by atoms with van der Waals surface area (Å²) in [5, 5.41) is 0. The third-order valence-corrected chi connectivity index (χ3v) is 5.98. The fraction of sp³-hybridized carbons (Fsp3) is 1.00. The molecule has 0 aromatic heterocycles. The average Bonchev–Trinajstić information content (AvgIpc) is 3.55. The Kier molecular flexibility index (Phi) is 6.72. The van der Waals surface area contributed by atoms with Crippen molar-refractivity contribution in [3.63, 3.8) is 0 Å². The van der Waals surface area contributed by atoms with E-state index in [9.17, 15) is 0 Å². The molecule has 0 radical (unpaired) electrons. The van der Waals surface area contributed by atoms with Gasteiger partial charge in [-0.05, 0) is 65.2 Å². The molecule has 2 atom stereocenters. The van der Waals surface area contributed by atoms with E-state index in [2.05, 4.69) is 13.8 Å². The van der Waals surface area contributed by atoms with Crippen molar-refractivity contribution in [2.75, 3.05) is 26.4 Å². The normalized spacial score (nSPS) is 39.3. The molecular weight excluding hydrogens is 348 g/mol. The largest absolute Gasteiger partial charge is 0.375 e. The van der Waals surface area contributed by atoms with Gasteiger partial charge in [0.2, 0.25) is 0 Å². The van der Waals surface area contributed by atoms with Gasteiger partial charge >= 0.3 is 0 Å². The van der Waals surface area contributed by atoms with E-state index in [4.69, 9.17) is 28.4 Å². The Morgan fingerprint density at radius 3 is 1.30 bits per heavy atom. The highest BCUT2D eigenvalue weighted by molar-refractivity contribution is 4.79. The molecule has 2 aliphatic carbocycles. The van der Waals surface area contributed by atoms with Gasteiger partial charge < -0.3 is 28.4 Å². The number of epoxide rings is 2.